The number of hydrogen-bond acceptors (Lipinski definition) is 6. The monoisotopic (exact) mass is 368 g/mol. The van der Waals surface area contributed by atoms with Crippen molar-refractivity contribution in [3.8, 4) is 0 Å². The molecule has 0 radical (unpaired) electrons. The maximum absolute atomic E-state index is 12.3. The van der Waals surface area contributed by atoms with Crippen LogP contribution in [0.25, 0.3) is 0 Å². The number of amides is 1. The van der Waals surface area contributed by atoms with Crippen molar-refractivity contribution in [1.29, 1.82) is 0 Å². The quantitative estimate of drug-likeness (QED) is 0.845. The fraction of sp³-hybridized carbons (Fsp3) is 0.526. The minimum atomic E-state index is -0.250. The number of hydrogen-bond donors (Lipinski definition) is 1. The first-order valence-electron chi connectivity index (χ1n) is 9.50. The van der Waals surface area contributed by atoms with E-state index in [4.69, 9.17) is 0 Å². The highest BCUT2D eigenvalue weighted by atomic mass is 16.2. The summed E-state index contributed by atoms with van der Waals surface area (Å²) < 4.78 is 1.33. The zero-order valence-corrected chi connectivity index (χ0v) is 15.7. The van der Waals surface area contributed by atoms with Gasteiger partial charge < -0.3 is 10.2 Å². The number of anilines is 1. The maximum atomic E-state index is 12.3. The number of aryl methyl sites for hydroxylation is 2. The van der Waals surface area contributed by atoms with Gasteiger partial charge in [0.2, 0.25) is 0 Å². The fourth-order valence-electron chi connectivity index (χ4n) is 3.60. The predicted molar refractivity (Wildman–Crippen MR) is 101 cm³/mol. The van der Waals surface area contributed by atoms with Crippen LogP contribution in [0.2, 0.25) is 0 Å². The van der Waals surface area contributed by atoms with Gasteiger partial charge in [0.05, 0.1) is 11.7 Å². The van der Waals surface area contributed by atoms with Crippen LogP contribution in [0.1, 0.15) is 48.1 Å². The average Bonchev–Trinajstić information content (AvgIpc) is 3.08. The second-order valence-corrected chi connectivity index (χ2v) is 7.60. The zero-order valence-electron chi connectivity index (χ0n) is 15.7. The molecule has 8 heteroatoms. The smallest absolute Gasteiger partial charge is 0.271 e. The van der Waals surface area contributed by atoms with Gasteiger partial charge in [-0.05, 0) is 50.8 Å². The molecule has 1 amide bonds. The van der Waals surface area contributed by atoms with Crippen molar-refractivity contribution in [2.24, 2.45) is 5.92 Å². The van der Waals surface area contributed by atoms with Crippen molar-refractivity contribution in [3.63, 3.8) is 0 Å². The molecule has 3 heterocycles. The predicted octanol–water partition coefficient (Wildman–Crippen LogP) is 0.969. The van der Waals surface area contributed by atoms with Gasteiger partial charge in [0.1, 0.15) is 5.69 Å². The molecule has 0 saturated carbocycles. The Bertz CT molecular complexity index is 917. The molecule has 1 N–H and O–H groups in total. The summed E-state index contributed by atoms with van der Waals surface area (Å²) in [6.07, 6.45) is 3.30. The Morgan fingerprint density at radius 3 is 2.85 bits per heavy atom. The van der Waals surface area contributed by atoms with E-state index in [1.165, 1.54) is 28.8 Å². The first-order chi connectivity index (χ1) is 13.0. The molecule has 1 fully saturated rings. The third-order valence-electron chi connectivity index (χ3n) is 5.19. The second kappa shape index (κ2) is 7.09. The first-order valence-corrected chi connectivity index (χ1v) is 9.50. The summed E-state index contributed by atoms with van der Waals surface area (Å²) in [5, 5.41) is 15.7. The molecule has 0 unspecified atom stereocenters. The molecular formula is C19H24N6O2. The lowest BCUT2D eigenvalue weighted by molar-refractivity contribution is 0.0936. The van der Waals surface area contributed by atoms with Gasteiger partial charge in [-0.3, -0.25) is 9.59 Å². The lowest BCUT2D eigenvalue weighted by atomic mass is 10.00. The van der Waals surface area contributed by atoms with Crippen LogP contribution in [0.5, 0.6) is 0 Å². The minimum Gasteiger partial charge on any atom is -0.354 e. The number of carbonyl (C=O) groups excluding carboxylic acids is 1. The second-order valence-electron chi connectivity index (χ2n) is 7.60. The topological polar surface area (TPSA) is 93.0 Å². The van der Waals surface area contributed by atoms with E-state index in [0.29, 0.717) is 12.5 Å². The van der Waals surface area contributed by atoms with E-state index in [1.807, 2.05) is 13.8 Å². The van der Waals surface area contributed by atoms with E-state index in [1.54, 1.807) is 0 Å². The normalized spacial score (nSPS) is 16.3. The van der Waals surface area contributed by atoms with Crippen LogP contribution in [-0.2, 0) is 12.8 Å². The Hall–Kier alpha value is -2.77. The van der Waals surface area contributed by atoms with Gasteiger partial charge in [0, 0.05) is 31.6 Å². The number of nitrogens with zero attached hydrogens (tertiary/aromatic N) is 5. The molecule has 0 bridgehead atoms. The summed E-state index contributed by atoms with van der Waals surface area (Å²) in [6.45, 7) is 6.01. The summed E-state index contributed by atoms with van der Waals surface area (Å²) in [6, 6.07) is 4.94. The minimum absolute atomic E-state index is 0.0844. The van der Waals surface area contributed by atoms with Crippen LogP contribution < -0.4 is 15.8 Å². The van der Waals surface area contributed by atoms with Crippen molar-refractivity contribution < 1.29 is 4.79 Å². The Kier molecular flexibility index (Phi) is 4.63. The standard InChI is InChI=1S/C19H24N6O2/c1-12(2)25-18(26)7-6-16(23-25)19(27)20-9-13-10-24(11-13)17-8-14-4-3-5-15(14)21-22-17/h6-8,12-13H,3-5,9-11H2,1-2H3,(H,20,27). The highest BCUT2D eigenvalue weighted by molar-refractivity contribution is 5.92. The third-order valence-corrected chi connectivity index (χ3v) is 5.19. The molecule has 2 aromatic heterocycles. The van der Waals surface area contributed by atoms with Crippen molar-refractivity contribution >= 4 is 11.7 Å². The van der Waals surface area contributed by atoms with Gasteiger partial charge in [-0.25, -0.2) is 4.68 Å². The molecule has 8 nitrogen and oxygen atoms in total. The first kappa shape index (κ1) is 17.6. The number of fused-ring (bicyclic) bond motifs is 1. The van der Waals surface area contributed by atoms with E-state index >= 15 is 0 Å². The Balaban J connectivity index is 1.30. The molecular weight excluding hydrogens is 344 g/mol. The summed E-state index contributed by atoms with van der Waals surface area (Å²) in [5.74, 6) is 1.06. The maximum Gasteiger partial charge on any atom is 0.271 e. The van der Waals surface area contributed by atoms with Gasteiger partial charge in [0.25, 0.3) is 11.5 Å². The Morgan fingerprint density at radius 1 is 1.26 bits per heavy atom. The SMILES string of the molecule is CC(C)n1nc(C(=O)NCC2CN(c3cc4c(nn3)CCC4)C2)ccc1=O. The van der Waals surface area contributed by atoms with Crippen molar-refractivity contribution in [3.05, 3.63) is 45.5 Å². The van der Waals surface area contributed by atoms with Crippen molar-refractivity contribution in [2.75, 3.05) is 24.5 Å². The van der Waals surface area contributed by atoms with Gasteiger partial charge >= 0.3 is 0 Å². The van der Waals surface area contributed by atoms with Crippen LogP contribution in [0.4, 0.5) is 5.82 Å². The van der Waals surface area contributed by atoms with E-state index in [2.05, 4.69) is 31.6 Å². The molecule has 142 valence electrons. The van der Waals surface area contributed by atoms with Gasteiger partial charge in [0.15, 0.2) is 5.82 Å². The van der Waals surface area contributed by atoms with Gasteiger partial charge in [-0.1, -0.05) is 0 Å². The summed E-state index contributed by atoms with van der Waals surface area (Å²) in [4.78, 5) is 26.3. The molecule has 0 spiro atoms. The number of aromatic nitrogens is 4. The summed E-state index contributed by atoms with van der Waals surface area (Å²) >= 11 is 0. The molecule has 1 aliphatic heterocycles. The van der Waals surface area contributed by atoms with Crippen LogP contribution >= 0.6 is 0 Å². The molecule has 27 heavy (non-hydrogen) atoms. The van der Waals surface area contributed by atoms with Crippen LogP contribution in [-0.4, -0.2) is 45.5 Å². The summed E-state index contributed by atoms with van der Waals surface area (Å²) in [5.41, 5.74) is 2.53. The average molecular weight is 368 g/mol. The van der Waals surface area contributed by atoms with E-state index < -0.39 is 0 Å². The van der Waals surface area contributed by atoms with Crippen molar-refractivity contribution in [2.45, 2.75) is 39.2 Å². The highest BCUT2D eigenvalue weighted by Crippen LogP contribution is 2.26. The third kappa shape index (κ3) is 3.56. The van der Waals surface area contributed by atoms with Gasteiger partial charge in [-0.15, -0.1) is 5.10 Å². The summed E-state index contributed by atoms with van der Waals surface area (Å²) in [7, 11) is 0. The van der Waals surface area contributed by atoms with E-state index in [0.717, 1.165) is 37.4 Å². The van der Waals surface area contributed by atoms with Gasteiger partial charge in [-0.2, -0.15) is 10.2 Å². The highest BCUT2D eigenvalue weighted by Gasteiger charge is 2.29. The van der Waals surface area contributed by atoms with E-state index in [-0.39, 0.29) is 23.2 Å². The van der Waals surface area contributed by atoms with E-state index in [9.17, 15) is 9.59 Å². The number of rotatable bonds is 5. The van der Waals surface area contributed by atoms with Crippen LogP contribution in [0.3, 0.4) is 0 Å². The lowest BCUT2D eigenvalue weighted by Crippen LogP contribution is -2.52. The molecule has 1 saturated heterocycles. The molecule has 1 aliphatic carbocycles. The lowest BCUT2D eigenvalue weighted by Gasteiger charge is -2.40. The Labute approximate surface area is 157 Å². The fourth-order valence-corrected chi connectivity index (χ4v) is 3.60. The van der Waals surface area contributed by atoms with Crippen LogP contribution in [0, 0.1) is 5.92 Å². The molecule has 2 aliphatic rings. The Morgan fingerprint density at radius 2 is 2.07 bits per heavy atom. The largest absolute Gasteiger partial charge is 0.354 e. The zero-order chi connectivity index (χ0) is 19.0. The molecule has 4 rings (SSSR count). The number of carbonyl (C=O) groups is 1. The molecule has 0 aromatic carbocycles. The van der Waals surface area contributed by atoms with Crippen molar-refractivity contribution in [1.82, 2.24) is 25.3 Å². The van der Waals surface area contributed by atoms with Crippen LogP contribution in [0.15, 0.2) is 23.0 Å². The number of nitrogens with one attached hydrogen (secondary N) is 1. The molecule has 0 atom stereocenters. The molecule has 2 aromatic rings.